The van der Waals surface area contributed by atoms with Crippen molar-refractivity contribution in [3.63, 3.8) is 0 Å². The second-order valence-electron chi connectivity index (χ2n) is 5.48. The van der Waals surface area contributed by atoms with Crippen molar-refractivity contribution in [2.24, 2.45) is 7.05 Å². The summed E-state index contributed by atoms with van der Waals surface area (Å²) in [4.78, 5) is 16.7. The standard InChI is InChI=1S/C17H15N3O4S/c1-20-8-12(7-18-20)16-19-13(10-25-16)9-24-17(21)11-2-3-14-15(6-11)23-5-4-22-14/h2-3,6-8,10H,4-5,9H2,1H3. The summed E-state index contributed by atoms with van der Waals surface area (Å²) in [5, 5.41) is 6.85. The zero-order chi connectivity index (χ0) is 17.2. The number of thiazole rings is 1. The number of hydrogen-bond acceptors (Lipinski definition) is 7. The summed E-state index contributed by atoms with van der Waals surface area (Å²) in [6.07, 6.45) is 3.65. The van der Waals surface area contributed by atoms with Gasteiger partial charge in [-0.05, 0) is 18.2 Å². The van der Waals surface area contributed by atoms with Crippen LogP contribution in [0, 0.1) is 0 Å². The zero-order valence-corrected chi connectivity index (χ0v) is 14.3. The monoisotopic (exact) mass is 357 g/mol. The Morgan fingerprint density at radius 2 is 2.16 bits per heavy atom. The van der Waals surface area contributed by atoms with E-state index in [9.17, 15) is 4.79 Å². The molecule has 0 aliphatic carbocycles. The van der Waals surface area contributed by atoms with Gasteiger partial charge in [0.25, 0.3) is 0 Å². The maximum absolute atomic E-state index is 12.2. The third-order valence-corrected chi connectivity index (χ3v) is 4.57. The first kappa shape index (κ1) is 15.6. The first-order chi connectivity index (χ1) is 12.2. The van der Waals surface area contributed by atoms with Gasteiger partial charge in [-0.1, -0.05) is 0 Å². The van der Waals surface area contributed by atoms with Gasteiger partial charge in [0, 0.05) is 24.2 Å². The quantitative estimate of drug-likeness (QED) is 0.668. The maximum Gasteiger partial charge on any atom is 0.338 e. The number of carbonyl (C=O) groups is 1. The molecule has 0 amide bonds. The molecular weight excluding hydrogens is 342 g/mol. The summed E-state index contributed by atoms with van der Waals surface area (Å²) in [6.45, 7) is 1.10. The molecule has 8 heteroatoms. The minimum Gasteiger partial charge on any atom is -0.486 e. The fourth-order valence-electron chi connectivity index (χ4n) is 2.43. The lowest BCUT2D eigenvalue weighted by Crippen LogP contribution is -2.16. The van der Waals surface area contributed by atoms with Crippen molar-refractivity contribution >= 4 is 17.3 Å². The van der Waals surface area contributed by atoms with Gasteiger partial charge in [-0.2, -0.15) is 5.10 Å². The molecule has 0 fully saturated rings. The van der Waals surface area contributed by atoms with Crippen LogP contribution in [0.2, 0.25) is 0 Å². The van der Waals surface area contributed by atoms with Crippen LogP contribution in [-0.2, 0) is 18.4 Å². The van der Waals surface area contributed by atoms with Gasteiger partial charge in [-0.15, -0.1) is 11.3 Å². The first-order valence-electron chi connectivity index (χ1n) is 7.69. The topological polar surface area (TPSA) is 75.5 Å². The van der Waals surface area contributed by atoms with E-state index in [4.69, 9.17) is 14.2 Å². The molecule has 0 N–H and O–H groups in total. The first-order valence-corrected chi connectivity index (χ1v) is 8.57. The van der Waals surface area contributed by atoms with Gasteiger partial charge < -0.3 is 14.2 Å². The van der Waals surface area contributed by atoms with Crippen LogP contribution in [0.3, 0.4) is 0 Å². The number of aromatic nitrogens is 3. The molecule has 0 saturated heterocycles. The minimum atomic E-state index is -0.423. The summed E-state index contributed by atoms with van der Waals surface area (Å²) >= 11 is 1.49. The van der Waals surface area contributed by atoms with Crippen molar-refractivity contribution < 1.29 is 19.0 Å². The number of esters is 1. The summed E-state index contributed by atoms with van der Waals surface area (Å²) in [7, 11) is 1.85. The molecule has 2 aromatic heterocycles. The summed E-state index contributed by atoms with van der Waals surface area (Å²) in [6, 6.07) is 5.02. The van der Waals surface area contributed by atoms with E-state index < -0.39 is 5.97 Å². The Balaban J connectivity index is 1.41. The van der Waals surface area contributed by atoms with Crippen LogP contribution in [0.4, 0.5) is 0 Å². The molecule has 1 aromatic carbocycles. The van der Waals surface area contributed by atoms with E-state index in [1.807, 2.05) is 18.6 Å². The Kier molecular flexibility index (Phi) is 4.10. The number of nitrogens with zero attached hydrogens (tertiary/aromatic N) is 3. The SMILES string of the molecule is Cn1cc(-c2nc(COC(=O)c3ccc4c(c3)OCCO4)cs2)cn1. The van der Waals surface area contributed by atoms with E-state index in [1.54, 1.807) is 29.1 Å². The van der Waals surface area contributed by atoms with Crippen LogP contribution in [0.25, 0.3) is 10.6 Å². The van der Waals surface area contributed by atoms with Gasteiger partial charge in [-0.3, -0.25) is 4.68 Å². The molecule has 4 rings (SSSR count). The molecule has 0 bridgehead atoms. The summed E-state index contributed by atoms with van der Waals surface area (Å²) < 4.78 is 18.0. The van der Waals surface area contributed by atoms with Crippen LogP contribution in [0.15, 0.2) is 36.0 Å². The molecule has 0 saturated carbocycles. The molecule has 0 unspecified atom stereocenters. The van der Waals surface area contributed by atoms with E-state index in [1.165, 1.54) is 11.3 Å². The Hall–Kier alpha value is -2.87. The maximum atomic E-state index is 12.2. The van der Waals surface area contributed by atoms with E-state index in [0.29, 0.717) is 36.0 Å². The fraction of sp³-hybridized carbons (Fsp3) is 0.235. The highest BCUT2D eigenvalue weighted by Gasteiger charge is 2.16. The Morgan fingerprint density at radius 1 is 1.32 bits per heavy atom. The molecule has 25 heavy (non-hydrogen) atoms. The molecule has 3 aromatic rings. The summed E-state index contributed by atoms with van der Waals surface area (Å²) in [5.41, 5.74) is 2.07. The fourth-order valence-corrected chi connectivity index (χ4v) is 3.21. The summed E-state index contributed by atoms with van der Waals surface area (Å²) in [5.74, 6) is 0.782. The normalized spacial score (nSPS) is 12.8. The van der Waals surface area contributed by atoms with Crippen LogP contribution < -0.4 is 9.47 Å². The van der Waals surface area contributed by atoms with Crippen molar-refractivity contribution in [1.29, 1.82) is 0 Å². The number of aryl methyl sites for hydroxylation is 1. The molecule has 0 radical (unpaired) electrons. The Morgan fingerprint density at radius 3 is 2.96 bits per heavy atom. The van der Waals surface area contributed by atoms with Crippen molar-refractivity contribution in [3.05, 3.63) is 47.2 Å². The van der Waals surface area contributed by atoms with Gasteiger partial charge >= 0.3 is 5.97 Å². The average Bonchev–Trinajstić information content (AvgIpc) is 3.28. The molecule has 1 aliphatic rings. The number of benzene rings is 1. The number of carbonyl (C=O) groups excluding carboxylic acids is 1. The third-order valence-electron chi connectivity index (χ3n) is 3.63. The van der Waals surface area contributed by atoms with Gasteiger partial charge in [0.15, 0.2) is 11.5 Å². The van der Waals surface area contributed by atoms with E-state index in [2.05, 4.69) is 10.1 Å². The smallest absolute Gasteiger partial charge is 0.338 e. The highest BCUT2D eigenvalue weighted by atomic mass is 32.1. The van der Waals surface area contributed by atoms with Crippen molar-refractivity contribution in [2.75, 3.05) is 13.2 Å². The predicted octanol–water partition coefficient (Wildman–Crippen LogP) is 2.67. The molecule has 0 spiro atoms. The van der Waals surface area contributed by atoms with Crippen LogP contribution in [-0.4, -0.2) is 33.9 Å². The number of ether oxygens (including phenoxy) is 3. The van der Waals surface area contributed by atoms with Crippen molar-refractivity contribution in [2.45, 2.75) is 6.61 Å². The Labute approximate surface area is 147 Å². The highest BCUT2D eigenvalue weighted by Crippen LogP contribution is 2.31. The minimum absolute atomic E-state index is 0.115. The number of hydrogen-bond donors (Lipinski definition) is 0. The van der Waals surface area contributed by atoms with Gasteiger partial charge in [-0.25, -0.2) is 9.78 Å². The van der Waals surface area contributed by atoms with Gasteiger partial charge in [0.05, 0.1) is 17.5 Å². The molecule has 128 valence electrons. The molecule has 7 nitrogen and oxygen atoms in total. The van der Waals surface area contributed by atoms with Crippen molar-refractivity contribution in [1.82, 2.24) is 14.8 Å². The predicted molar refractivity (Wildman–Crippen MR) is 90.9 cm³/mol. The van der Waals surface area contributed by atoms with E-state index in [-0.39, 0.29) is 6.61 Å². The second kappa shape index (κ2) is 6.56. The largest absolute Gasteiger partial charge is 0.486 e. The lowest BCUT2D eigenvalue weighted by molar-refractivity contribution is 0.0467. The van der Waals surface area contributed by atoms with Gasteiger partial charge in [0.1, 0.15) is 24.8 Å². The average molecular weight is 357 g/mol. The number of fused-ring (bicyclic) bond motifs is 1. The van der Waals surface area contributed by atoms with Crippen LogP contribution in [0.5, 0.6) is 11.5 Å². The molecular formula is C17H15N3O4S. The lowest BCUT2D eigenvalue weighted by Gasteiger charge is -2.18. The zero-order valence-electron chi connectivity index (χ0n) is 13.5. The van der Waals surface area contributed by atoms with Gasteiger partial charge in [0.2, 0.25) is 0 Å². The molecule has 1 aliphatic heterocycles. The molecule has 0 atom stereocenters. The van der Waals surface area contributed by atoms with E-state index in [0.717, 1.165) is 10.6 Å². The van der Waals surface area contributed by atoms with E-state index >= 15 is 0 Å². The number of rotatable bonds is 4. The van der Waals surface area contributed by atoms with Crippen molar-refractivity contribution in [3.8, 4) is 22.1 Å². The third kappa shape index (κ3) is 3.34. The molecule has 3 heterocycles. The lowest BCUT2D eigenvalue weighted by atomic mass is 10.2. The highest BCUT2D eigenvalue weighted by molar-refractivity contribution is 7.13. The Bertz CT molecular complexity index is 918. The second-order valence-corrected chi connectivity index (χ2v) is 6.34. The van der Waals surface area contributed by atoms with Crippen LogP contribution >= 0.6 is 11.3 Å². The van der Waals surface area contributed by atoms with Crippen LogP contribution in [0.1, 0.15) is 16.1 Å².